The Kier molecular flexibility index (Phi) is 4.97. The van der Waals surface area contributed by atoms with Gasteiger partial charge in [-0.25, -0.2) is 14.4 Å². The van der Waals surface area contributed by atoms with Crippen molar-refractivity contribution in [1.29, 1.82) is 0 Å². The molecule has 1 aromatic carbocycles. The summed E-state index contributed by atoms with van der Waals surface area (Å²) in [5.74, 6) is -2.56. The number of anilines is 1. The van der Waals surface area contributed by atoms with Crippen LogP contribution in [0.2, 0.25) is 0 Å². The Morgan fingerprint density at radius 3 is 2.35 bits per heavy atom. The van der Waals surface area contributed by atoms with Crippen LogP contribution in [0.4, 0.5) is 9.80 Å². The summed E-state index contributed by atoms with van der Waals surface area (Å²) < 4.78 is 4.99. The summed E-state index contributed by atoms with van der Waals surface area (Å²) in [6.45, 7) is 1.40. The Labute approximate surface area is 135 Å². The second-order valence-corrected chi connectivity index (χ2v) is 5.58. The number of ether oxygens (including phenoxy) is 1. The number of aromatic carboxylic acids is 2. The zero-order chi connectivity index (χ0) is 17.0. The molecule has 0 aliphatic carbocycles. The minimum atomic E-state index is -1.32. The van der Waals surface area contributed by atoms with Gasteiger partial charge in [-0.05, 0) is 18.1 Å². The number of carboxylic acid groups (broad SMARTS) is 2. The molecule has 0 unspecified atom stereocenters. The van der Waals surface area contributed by atoms with Crippen LogP contribution in [0.25, 0.3) is 0 Å². The Balaban J connectivity index is 2.13. The van der Waals surface area contributed by atoms with Crippen LogP contribution in [0.15, 0.2) is 30.3 Å². The quantitative estimate of drug-likeness (QED) is 0.773. The van der Waals surface area contributed by atoms with Crippen LogP contribution in [0.5, 0.6) is 0 Å². The zero-order valence-electron chi connectivity index (χ0n) is 12.0. The predicted molar refractivity (Wildman–Crippen MR) is 83.2 cm³/mol. The predicted octanol–water partition coefficient (Wildman–Crippen LogP) is 3.20. The van der Waals surface area contributed by atoms with E-state index < -0.39 is 18.0 Å². The summed E-state index contributed by atoms with van der Waals surface area (Å²) in [6.07, 6.45) is -0.852. The lowest BCUT2D eigenvalue weighted by Crippen LogP contribution is -2.14. The van der Waals surface area contributed by atoms with Gasteiger partial charge in [-0.3, -0.25) is 5.32 Å². The molecule has 0 saturated heterocycles. The SMILES string of the molecule is Cc1c(C(=O)O)sc(NC(=O)OCc2ccccc2)c1C(=O)O. The van der Waals surface area contributed by atoms with Crippen molar-refractivity contribution >= 4 is 34.4 Å². The molecule has 0 radical (unpaired) electrons. The highest BCUT2D eigenvalue weighted by molar-refractivity contribution is 7.18. The third-order valence-electron chi connectivity index (χ3n) is 2.98. The second kappa shape index (κ2) is 6.93. The van der Waals surface area contributed by atoms with E-state index in [4.69, 9.17) is 9.84 Å². The Morgan fingerprint density at radius 1 is 1.13 bits per heavy atom. The molecule has 0 aliphatic heterocycles. The Hall–Kier alpha value is -2.87. The molecule has 3 N–H and O–H groups in total. The number of thiophene rings is 1. The first-order chi connectivity index (χ1) is 10.9. The number of benzene rings is 1. The fourth-order valence-corrected chi connectivity index (χ4v) is 2.94. The molecule has 0 bridgehead atoms. The van der Waals surface area contributed by atoms with Crippen molar-refractivity contribution in [2.75, 3.05) is 5.32 Å². The highest BCUT2D eigenvalue weighted by Crippen LogP contribution is 2.33. The van der Waals surface area contributed by atoms with Gasteiger partial charge >= 0.3 is 18.0 Å². The van der Waals surface area contributed by atoms with Gasteiger partial charge in [0.1, 0.15) is 16.5 Å². The molecule has 1 heterocycles. The molecule has 2 rings (SSSR count). The van der Waals surface area contributed by atoms with Gasteiger partial charge in [0, 0.05) is 0 Å². The van der Waals surface area contributed by atoms with Crippen LogP contribution < -0.4 is 5.32 Å². The molecule has 0 aliphatic rings. The van der Waals surface area contributed by atoms with Gasteiger partial charge in [0.2, 0.25) is 0 Å². The van der Waals surface area contributed by atoms with Gasteiger partial charge in [0.25, 0.3) is 0 Å². The first-order valence-corrected chi connectivity index (χ1v) is 7.29. The van der Waals surface area contributed by atoms with E-state index in [0.29, 0.717) is 11.3 Å². The number of amides is 1. The van der Waals surface area contributed by atoms with Gasteiger partial charge in [-0.15, -0.1) is 11.3 Å². The number of hydrogen-bond acceptors (Lipinski definition) is 5. The molecule has 1 aromatic heterocycles. The standard InChI is InChI=1S/C15H13NO6S/c1-8-10(13(17)18)12(23-11(8)14(19)20)16-15(21)22-7-9-5-3-2-4-6-9/h2-6H,7H2,1H3,(H,16,21)(H,17,18)(H,19,20). The molecule has 0 saturated carbocycles. The van der Waals surface area contributed by atoms with Crippen molar-refractivity contribution in [3.63, 3.8) is 0 Å². The molecule has 0 atom stereocenters. The average molecular weight is 335 g/mol. The third-order valence-corrected chi connectivity index (χ3v) is 4.18. The highest BCUT2D eigenvalue weighted by Gasteiger charge is 2.25. The van der Waals surface area contributed by atoms with Crippen molar-refractivity contribution in [2.24, 2.45) is 0 Å². The summed E-state index contributed by atoms with van der Waals surface area (Å²) >= 11 is 0.680. The van der Waals surface area contributed by atoms with Crippen LogP contribution >= 0.6 is 11.3 Å². The lowest BCUT2D eigenvalue weighted by molar-refractivity contribution is 0.0696. The maximum atomic E-state index is 11.8. The van der Waals surface area contributed by atoms with Crippen molar-refractivity contribution in [3.05, 3.63) is 51.9 Å². The number of nitrogens with one attached hydrogen (secondary N) is 1. The minimum Gasteiger partial charge on any atom is -0.478 e. The van der Waals surface area contributed by atoms with Crippen LogP contribution in [-0.2, 0) is 11.3 Å². The van der Waals surface area contributed by atoms with E-state index in [-0.39, 0.29) is 27.6 Å². The van der Waals surface area contributed by atoms with Crippen molar-refractivity contribution < 1.29 is 29.3 Å². The molecular weight excluding hydrogens is 322 g/mol. The Bertz CT molecular complexity index is 753. The van der Waals surface area contributed by atoms with E-state index in [0.717, 1.165) is 5.56 Å². The van der Waals surface area contributed by atoms with E-state index in [1.54, 1.807) is 24.3 Å². The zero-order valence-corrected chi connectivity index (χ0v) is 12.8. The first kappa shape index (κ1) is 16.5. The Morgan fingerprint density at radius 2 is 1.78 bits per heavy atom. The van der Waals surface area contributed by atoms with E-state index in [1.807, 2.05) is 6.07 Å². The summed E-state index contributed by atoms with van der Waals surface area (Å²) in [4.78, 5) is 34.0. The monoisotopic (exact) mass is 335 g/mol. The molecule has 120 valence electrons. The van der Waals surface area contributed by atoms with Gasteiger partial charge in [0.05, 0.1) is 5.56 Å². The molecule has 1 amide bonds. The number of carbonyl (C=O) groups excluding carboxylic acids is 1. The van der Waals surface area contributed by atoms with Gasteiger partial charge in [-0.2, -0.15) is 0 Å². The number of carbonyl (C=O) groups is 3. The van der Waals surface area contributed by atoms with Crippen molar-refractivity contribution in [1.82, 2.24) is 0 Å². The fraction of sp³-hybridized carbons (Fsp3) is 0.133. The topological polar surface area (TPSA) is 113 Å². The first-order valence-electron chi connectivity index (χ1n) is 6.47. The summed E-state index contributed by atoms with van der Waals surface area (Å²) in [5.41, 5.74) is 0.618. The van der Waals surface area contributed by atoms with Crippen LogP contribution in [0.3, 0.4) is 0 Å². The maximum absolute atomic E-state index is 11.8. The van der Waals surface area contributed by atoms with Crippen LogP contribution in [0.1, 0.15) is 31.2 Å². The molecule has 2 aromatic rings. The molecular formula is C15H13NO6S. The largest absolute Gasteiger partial charge is 0.478 e. The van der Waals surface area contributed by atoms with E-state index in [9.17, 15) is 19.5 Å². The summed E-state index contributed by atoms with van der Waals surface area (Å²) in [6, 6.07) is 8.95. The second-order valence-electron chi connectivity index (χ2n) is 4.56. The lowest BCUT2D eigenvalue weighted by atomic mass is 10.1. The average Bonchev–Trinajstić information content (AvgIpc) is 2.83. The smallest absolute Gasteiger partial charge is 0.412 e. The summed E-state index contributed by atoms with van der Waals surface area (Å²) in [5, 5.41) is 20.5. The van der Waals surface area contributed by atoms with E-state index >= 15 is 0 Å². The number of carboxylic acids is 2. The molecule has 0 spiro atoms. The van der Waals surface area contributed by atoms with Crippen LogP contribution in [0, 0.1) is 6.92 Å². The molecule has 23 heavy (non-hydrogen) atoms. The molecule has 7 nitrogen and oxygen atoms in total. The van der Waals surface area contributed by atoms with Gasteiger partial charge in [0.15, 0.2) is 0 Å². The molecule has 8 heteroatoms. The van der Waals surface area contributed by atoms with Crippen LogP contribution in [-0.4, -0.2) is 28.2 Å². The third kappa shape index (κ3) is 3.86. The van der Waals surface area contributed by atoms with Gasteiger partial charge < -0.3 is 14.9 Å². The lowest BCUT2D eigenvalue weighted by Gasteiger charge is -2.06. The number of rotatable bonds is 5. The minimum absolute atomic E-state index is 0.0191. The maximum Gasteiger partial charge on any atom is 0.412 e. The summed E-state index contributed by atoms with van der Waals surface area (Å²) in [7, 11) is 0. The fourth-order valence-electron chi connectivity index (χ4n) is 1.91. The van der Waals surface area contributed by atoms with Crippen molar-refractivity contribution in [2.45, 2.75) is 13.5 Å². The normalized spacial score (nSPS) is 10.1. The van der Waals surface area contributed by atoms with Crippen molar-refractivity contribution in [3.8, 4) is 0 Å². The van der Waals surface area contributed by atoms with E-state index in [1.165, 1.54) is 6.92 Å². The van der Waals surface area contributed by atoms with Gasteiger partial charge in [-0.1, -0.05) is 30.3 Å². The molecule has 0 fully saturated rings. The van der Waals surface area contributed by atoms with E-state index in [2.05, 4.69) is 5.32 Å². The number of hydrogen-bond donors (Lipinski definition) is 3. The highest BCUT2D eigenvalue weighted by atomic mass is 32.1.